The van der Waals surface area contributed by atoms with Gasteiger partial charge in [0.15, 0.2) is 9.84 Å². The van der Waals surface area contributed by atoms with E-state index < -0.39 is 9.84 Å². The van der Waals surface area contributed by atoms with Gasteiger partial charge in [-0.1, -0.05) is 13.8 Å². The van der Waals surface area contributed by atoms with E-state index in [1.807, 2.05) is 13.8 Å². The predicted octanol–water partition coefficient (Wildman–Crippen LogP) is 0.270. The quantitative estimate of drug-likeness (QED) is 0.806. The Hall–Kier alpha value is -0.880. The van der Waals surface area contributed by atoms with Crippen LogP contribution < -0.4 is 5.73 Å². The number of hydrogen-bond acceptors (Lipinski definition) is 4. The third-order valence-electron chi connectivity index (χ3n) is 2.29. The highest BCUT2D eigenvalue weighted by atomic mass is 32.2. The second kappa shape index (κ2) is 4.32. The Balaban J connectivity index is 2.78. The summed E-state index contributed by atoms with van der Waals surface area (Å²) in [6.07, 6.45) is 4.02. The molecule has 0 aliphatic carbocycles. The highest BCUT2D eigenvalue weighted by Crippen LogP contribution is 2.08. The molecule has 6 heteroatoms. The van der Waals surface area contributed by atoms with Gasteiger partial charge in [0.1, 0.15) is 4.90 Å². The minimum Gasteiger partial charge on any atom is -0.326 e. The Morgan fingerprint density at radius 1 is 1.53 bits per heavy atom. The number of sulfone groups is 1. The second-order valence-corrected chi connectivity index (χ2v) is 6.09. The highest BCUT2D eigenvalue weighted by molar-refractivity contribution is 7.90. The first kappa shape index (κ1) is 12.2. The Morgan fingerprint density at radius 3 is 2.53 bits per heavy atom. The van der Waals surface area contributed by atoms with E-state index in [1.54, 1.807) is 4.68 Å². The average Bonchev–Trinajstić information content (AvgIpc) is 2.51. The van der Waals surface area contributed by atoms with Gasteiger partial charge < -0.3 is 5.73 Å². The second-order valence-electron chi connectivity index (χ2n) is 4.08. The SMILES string of the molecule is CC(C)C(N)Cn1cc(S(C)(=O)=O)cn1. The number of nitrogens with zero attached hydrogens (tertiary/aromatic N) is 2. The molecule has 1 heterocycles. The number of hydrogen-bond donors (Lipinski definition) is 1. The van der Waals surface area contributed by atoms with Gasteiger partial charge in [-0.15, -0.1) is 0 Å². The lowest BCUT2D eigenvalue weighted by atomic mass is 10.1. The zero-order valence-corrected chi connectivity index (χ0v) is 10.0. The summed E-state index contributed by atoms with van der Waals surface area (Å²) >= 11 is 0. The van der Waals surface area contributed by atoms with Crippen molar-refractivity contribution in [3.8, 4) is 0 Å². The number of rotatable bonds is 4. The van der Waals surface area contributed by atoms with Gasteiger partial charge in [-0.05, 0) is 5.92 Å². The van der Waals surface area contributed by atoms with E-state index in [0.717, 1.165) is 6.26 Å². The molecule has 0 radical (unpaired) electrons. The molecule has 0 bridgehead atoms. The molecule has 1 atom stereocenters. The Labute approximate surface area is 90.2 Å². The standard InChI is InChI=1S/C9H17N3O2S/c1-7(2)9(10)6-12-5-8(4-11-12)15(3,13)14/h4-5,7,9H,6,10H2,1-3H3. The summed E-state index contributed by atoms with van der Waals surface area (Å²) in [6.45, 7) is 4.57. The summed E-state index contributed by atoms with van der Waals surface area (Å²) in [5, 5.41) is 3.96. The van der Waals surface area contributed by atoms with Gasteiger partial charge in [0, 0.05) is 18.5 Å². The Morgan fingerprint density at radius 2 is 2.13 bits per heavy atom. The Kier molecular flexibility index (Phi) is 3.51. The van der Waals surface area contributed by atoms with Crippen molar-refractivity contribution in [2.24, 2.45) is 11.7 Å². The van der Waals surface area contributed by atoms with E-state index >= 15 is 0 Å². The van der Waals surface area contributed by atoms with Crippen LogP contribution in [-0.2, 0) is 16.4 Å². The third-order valence-corrected chi connectivity index (χ3v) is 3.36. The molecule has 0 aliphatic heterocycles. The first-order valence-corrected chi connectivity index (χ1v) is 6.68. The minimum absolute atomic E-state index is 0.0164. The van der Waals surface area contributed by atoms with E-state index in [9.17, 15) is 8.42 Å². The van der Waals surface area contributed by atoms with E-state index in [0.29, 0.717) is 12.5 Å². The summed E-state index contributed by atoms with van der Waals surface area (Å²) < 4.78 is 23.9. The molecule has 0 aliphatic rings. The minimum atomic E-state index is -3.16. The smallest absolute Gasteiger partial charge is 0.178 e. The van der Waals surface area contributed by atoms with Crippen LogP contribution in [0.5, 0.6) is 0 Å². The van der Waals surface area contributed by atoms with Crippen molar-refractivity contribution in [2.75, 3.05) is 6.26 Å². The van der Waals surface area contributed by atoms with Crippen LogP contribution in [0.15, 0.2) is 17.3 Å². The first-order chi connectivity index (χ1) is 6.80. The van der Waals surface area contributed by atoms with Gasteiger partial charge >= 0.3 is 0 Å². The molecule has 86 valence electrons. The molecule has 0 fully saturated rings. The van der Waals surface area contributed by atoms with Crippen molar-refractivity contribution in [3.63, 3.8) is 0 Å². The largest absolute Gasteiger partial charge is 0.326 e. The van der Waals surface area contributed by atoms with Crippen molar-refractivity contribution in [1.82, 2.24) is 9.78 Å². The van der Waals surface area contributed by atoms with E-state index in [4.69, 9.17) is 5.73 Å². The van der Waals surface area contributed by atoms with Crippen LogP contribution in [0.1, 0.15) is 13.8 Å². The summed E-state index contributed by atoms with van der Waals surface area (Å²) in [5.41, 5.74) is 5.86. The maximum atomic E-state index is 11.2. The number of nitrogens with two attached hydrogens (primary N) is 1. The summed E-state index contributed by atoms with van der Waals surface area (Å²) in [5.74, 6) is 0.343. The van der Waals surface area contributed by atoms with Gasteiger partial charge in [-0.3, -0.25) is 4.68 Å². The van der Waals surface area contributed by atoms with Crippen molar-refractivity contribution in [3.05, 3.63) is 12.4 Å². The zero-order valence-electron chi connectivity index (χ0n) is 9.21. The maximum absolute atomic E-state index is 11.2. The molecule has 1 rings (SSSR count). The summed E-state index contributed by atoms with van der Waals surface area (Å²) in [4.78, 5) is 0.235. The summed E-state index contributed by atoms with van der Waals surface area (Å²) in [6, 6.07) is -0.0164. The molecule has 15 heavy (non-hydrogen) atoms. The lowest BCUT2D eigenvalue weighted by Gasteiger charge is -2.14. The normalized spacial score (nSPS) is 14.5. The van der Waals surface area contributed by atoms with E-state index in [1.165, 1.54) is 12.4 Å². The highest BCUT2D eigenvalue weighted by Gasteiger charge is 2.13. The van der Waals surface area contributed by atoms with E-state index in [2.05, 4.69) is 5.10 Å². The lowest BCUT2D eigenvalue weighted by Crippen LogP contribution is -2.31. The van der Waals surface area contributed by atoms with E-state index in [-0.39, 0.29) is 10.9 Å². The maximum Gasteiger partial charge on any atom is 0.178 e. The fourth-order valence-electron chi connectivity index (χ4n) is 1.06. The van der Waals surface area contributed by atoms with Crippen LogP contribution in [0, 0.1) is 5.92 Å². The van der Waals surface area contributed by atoms with Gasteiger partial charge in [0.25, 0.3) is 0 Å². The molecule has 1 unspecified atom stereocenters. The van der Waals surface area contributed by atoms with Crippen LogP contribution in [0.25, 0.3) is 0 Å². The molecule has 0 spiro atoms. The molecule has 0 amide bonds. The van der Waals surface area contributed by atoms with Crippen molar-refractivity contribution >= 4 is 9.84 Å². The molecular weight excluding hydrogens is 214 g/mol. The van der Waals surface area contributed by atoms with Gasteiger partial charge in [-0.2, -0.15) is 5.10 Å². The van der Waals surface area contributed by atoms with Crippen molar-refractivity contribution in [1.29, 1.82) is 0 Å². The zero-order chi connectivity index (χ0) is 11.6. The molecule has 5 nitrogen and oxygen atoms in total. The first-order valence-electron chi connectivity index (χ1n) is 4.79. The van der Waals surface area contributed by atoms with Crippen LogP contribution >= 0.6 is 0 Å². The van der Waals surface area contributed by atoms with Crippen LogP contribution in [0.4, 0.5) is 0 Å². The van der Waals surface area contributed by atoms with Crippen LogP contribution in [-0.4, -0.2) is 30.5 Å². The third kappa shape index (κ3) is 3.32. The van der Waals surface area contributed by atoms with Crippen LogP contribution in [0.2, 0.25) is 0 Å². The number of aromatic nitrogens is 2. The van der Waals surface area contributed by atoms with Crippen molar-refractivity contribution < 1.29 is 8.42 Å². The molecule has 1 aromatic rings. The predicted molar refractivity (Wildman–Crippen MR) is 58.2 cm³/mol. The average molecular weight is 231 g/mol. The van der Waals surface area contributed by atoms with Crippen molar-refractivity contribution in [2.45, 2.75) is 31.3 Å². The molecule has 0 saturated heterocycles. The summed E-state index contributed by atoms with van der Waals surface area (Å²) in [7, 11) is -3.16. The Bertz CT molecular complexity index is 422. The van der Waals surface area contributed by atoms with Crippen LogP contribution in [0.3, 0.4) is 0 Å². The molecule has 1 aromatic heterocycles. The fourth-order valence-corrected chi connectivity index (χ4v) is 1.61. The molecule has 0 saturated carbocycles. The molecular formula is C9H17N3O2S. The topological polar surface area (TPSA) is 78.0 Å². The lowest BCUT2D eigenvalue weighted by molar-refractivity contribution is 0.413. The van der Waals surface area contributed by atoms with Gasteiger partial charge in [-0.25, -0.2) is 8.42 Å². The fraction of sp³-hybridized carbons (Fsp3) is 0.667. The molecule has 0 aromatic carbocycles. The monoisotopic (exact) mass is 231 g/mol. The van der Waals surface area contributed by atoms with Gasteiger partial charge in [0.2, 0.25) is 0 Å². The van der Waals surface area contributed by atoms with Gasteiger partial charge in [0.05, 0.1) is 12.7 Å². The molecule has 2 N–H and O–H groups in total.